The van der Waals surface area contributed by atoms with Gasteiger partial charge in [0.05, 0.1) is 12.2 Å². The minimum absolute atomic E-state index is 0.0368. The summed E-state index contributed by atoms with van der Waals surface area (Å²) in [5, 5.41) is 2.91. The number of halogens is 4. The van der Waals surface area contributed by atoms with Gasteiger partial charge in [-0.15, -0.1) is 13.2 Å². The van der Waals surface area contributed by atoms with Gasteiger partial charge in [0.2, 0.25) is 5.88 Å². The highest BCUT2D eigenvalue weighted by atomic mass is 35.5. The van der Waals surface area contributed by atoms with Crippen LogP contribution in [-0.4, -0.2) is 30.5 Å². The first-order valence-electron chi connectivity index (χ1n) is 7.00. The summed E-state index contributed by atoms with van der Waals surface area (Å²) in [6, 6.07) is 8.77. The third kappa shape index (κ3) is 6.38. The zero-order valence-electron chi connectivity index (χ0n) is 12.8. The summed E-state index contributed by atoms with van der Waals surface area (Å²) >= 11 is 5.88. The second-order valence-corrected chi connectivity index (χ2v) is 4.98. The Morgan fingerprint density at radius 2 is 2.00 bits per heavy atom. The molecule has 0 amide bonds. The molecule has 10 heteroatoms. The molecule has 0 unspecified atom stereocenters. The van der Waals surface area contributed by atoms with Crippen LogP contribution in [0.1, 0.15) is 0 Å². The third-order valence-electron chi connectivity index (χ3n) is 2.71. The fraction of sp³-hybridized carbons (Fsp3) is 0.200. The molecule has 2 aromatic rings. The maximum atomic E-state index is 12.4. The van der Waals surface area contributed by atoms with Crippen molar-refractivity contribution < 1.29 is 22.6 Å². The molecular formula is C15H14ClF3N4O2. The number of guanidine groups is 1. The van der Waals surface area contributed by atoms with Crippen LogP contribution in [0.4, 0.5) is 18.9 Å². The minimum Gasteiger partial charge on any atom is -0.475 e. The van der Waals surface area contributed by atoms with Crippen molar-refractivity contribution in [2.45, 2.75) is 6.36 Å². The predicted octanol–water partition coefficient (Wildman–Crippen LogP) is 3.44. The molecule has 25 heavy (non-hydrogen) atoms. The van der Waals surface area contributed by atoms with Crippen LogP contribution in [0, 0.1) is 0 Å². The number of nitrogens with zero attached hydrogens (tertiary/aromatic N) is 2. The molecule has 0 bridgehead atoms. The summed E-state index contributed by atoms with van der Waals surface area (Å²) in [7, 11) is 0. The first-order chi connectivity index (χ1) is 11.8. The lowest BCUT2D eigenvalue weighted by atomic mass is 10.3. The predicted molar refractivity (Wildman–Crippen MR) is 88.0 cm³/mol. The highest BCUT2D eigenvalue weighted by molar-refractivity contribution is 6.31. The van der Waals surface area contributed by atoms with Gasteiger partial charge in [0.25, 0.3) is 0 Å². The number of aliphatic imine (C=N–C) groups is 1. The van der Waals surface area contributed by atoms with E-state index in [2.05, 4.69) is 20.0 Å². The summed E-state index contributed by atoms with van der Waals surface area (Å²) in [5.41, 5.74) is 5.69. The molecule has 2 rings (SSSR count). The van der Waals surface area contributed by atoms with Crippen molar-refractivity contribution in [1.82, 2.24) is 4.98 Å². The van der Waals surface area contributed by atoms with Crippen molar-refractivity contribution >= 4 is 23.2 Å². The van der Waals surface area contributed by atoms with Gasteiger partial charge in [0, 0.05) is 6.20 Å². The van der Waals surface area contributed by atoms with E-state index >= 15 is 0 Å². The summed E-state index contributed by atoms with van der Waals surface area (Å²) in [5.74, 6) is -0.242. The summed E-state index contributed by atoms with van der Waals surface area (Å²) in [6.07, 6.45) is -3.28. The third-order valence-corrected chi connectivity index (χ3v) is 3.00. The summed E-state index contributed by atoms with van der Waals surface area (Å²) in [6.45, 7) is 0.286. The van der Waals surface area contributed by atoms with E-state index in [-0.39, 0.29) is 30.7 Å². The molecule has 0 radical (unpaired) electrons. The zero-order valence-corrected chi connectivity index (χ0v) is 13.5. The second kappa shape index (κ2) is 8.43. The number of benzene rings is 1. The normalized spacial score (nSPS) is 11.9. The number of aromatic nitrogens is 1. The standard InChI is InChI=1S/C15H14ClF3N4O2/c16-10-4-3-7-21-13(10)24-9-8-22-14(20)23-11-5-1-2-6-12(11)25-15(17,18)19/h1-7H,8-9H2,(H3,20,22,23). The largest absolute Gasteiger partial charge is 0.573 e. The quantitative estimate of drug-likeness (QED) is 0.460. The molecule has 0 spiro atoms. The maximum Gasteiger partial charge on any atom is 0.573 e. The summed E-state index contributed by atoms with van der Waals surface area (Å²) in [4.78, 5) is 7.89. The van der Waals surface area contributed by atoms with Crippen LogP contribution < -0.4 is 20.5 Å². The molecule has 0 saturated carbocycles. The van der Waals surface area contributed by atoms with Crippen molar-refractivity contribution in [3.8, 4) is 11.6 Å². The Morgan fingerprint density at radius 1 is 1.24 bits per heavy atom. The van der Waals surface area contributed by atoms with E-state index < -0.39 is 12.1 Å². The summed E-state index contributed by atoms with van der Waals surface area (Å²) < 4.78 is 46.3. The SMILES string of the molecule is NC(=NCCOc1ncccc1Cl)Nc1ccccc1OC(F)(F)F. The molecule has 134 valence electrons. The molecule has 0 fully saturated rings. The van der Waals surface area contributed by atoms with Crippen LogP contribution in [0.5, 0.6) is 11.6 Å². The van der Waals surface area contributed by atoms with E-state index in [4.69, 9.17) is 22.1 Å². The van der Waals surface area contributed by atoms with Gasteiger partial charge in [-0.05, 0) is 24.3 Å². The highest BCUT2D eigenvalue weighted by Crippen LogP contribution is 2.29. The lowest BCUT2D eigenvalue weighted by molar-refractivity contribution is -0.274. The van der Waals surface area contributed by atoms with Crippen molar-refractivity contribution in [3.63, 3.8) is 0 Å². The van der Waals surface area contributed by atoms with E-state index in [1.165, 1.54) is 24.4 Å². The van der Waals surface area contributed by atoms with Gasteiger partial charge in [0.15, 0.2) is 11.7 Å². The number of anilines is 1. The Balaban J connectivity index is 1.90. The van der Waals surface area contributed by atoms with Gasteiger partial charge in [-0.1, -0.05) is 23.7 Å². The Labute approximate surface area is 146 Å². The van der Waals surface area contributed by atoms with Gasteiger partial charge in [0.1, 0.15) is 11.6 Å². The number of ether oxygens (including phenoxy) is 2. The van der Waals surface area contributed by atoms with Crippen LogP contribution in [0.3, 0.4) is 0 Å². The van der Waals surface area contributed by atoms with Crippen LogP contribution >= 0.6 is 11.6 Å². The monoisotopic (exact) mass is 374 g/mol. The van der Waals surface area contributed by atoms with E-state index in [0.717, 1.165) is 6.07 Å². The van der Waals surface area contributed by atoms with Gasteiger partial charge in [-0.3, -0.25) is 0 Å². The van der Waals surface area contributed by atoms with Gasteiger partial charge >= 0.3 is 6.36 Å². The van der Waals surface area contributed by atoms with E-state index in [1.807, 2.05) is 0 Å². The number of alkyl halides is 3. The van der Waals surface area contributed by atoms with Crippen LogP contribution in [0.25, 0.3) is 0 Å². The molecule has 0 aliphatic rings. The van der Waals surface area contributed by atoms with E-state index in [0.29, 0.717) is 5.02 Å². The molecule has 0 atom stereocenters. The number of hydrogen-bond acceptors (Lipinski definition) is 4. The Morgan fingerprint density at radius 3 is 2.72 bits per heavy atom. The lowest BCUT2D eigenvalue weighted by Gasteiger charge is -2.14. The first kappa shape index (κ1) is 18.7. The number of rotatable bonds is 6. The fourth-order valence-electron chi connectivity index (χ4n) is 1.75. The molecule has 0 aliphatic carbocycles. The number of nitrogens with one attached hydrogen (secondary N) is 1. The minimum atomic E-state index is -4.81. The maximum absolute atomic E-state index is 12.4. The van der Waals surface area contributed by atoms with E-state index in [9.17, 15) is 13.2 Å². The Hall–Kier alpha value is -2.68. The van der Waals surface area contributed by atoms with E-state index in [1.54, 1.807) is 12.1 Å². The topological polar surface area (TPSA) is 81.8 Å². The molecule has 1 aromatic heterocycles. The number of hydrogen-bond donors (Lipinski definition) is 2. The zero-order chi connectivity index (χ0) is 18.3. The Kier molecular flexibility index (Phi) is 6.29. The van der Waals surface area contributed by atoms with Crippen LogP contribution in [0.15, 0.2) is 47.6 Å². The van der Waals surface area contributed by atoms with Gasteiger partial charge < -0.3 is 20.5 Å². The smallest absolute Gasteiger partial charge is 0.475 e. The first-order valence-corrected chi connectivity index (χ1v) is 7.38. The second-order valence-electron chi connectivity index (χ2n) is 4.57. The van der Waals surface area contributed by atoms with Crippen molar-refractivity contribution in [3.05, 3.63) is 47.6 Å². The highest BCUT2D eigenvalue weighted by Gasteiger charge is 2.32. The molecular weight excluding hydrogens is 361 g/mol. The van der Waals surface area contributed by atoms with Crippen LogP contribution in [0.2, 0.25) is 5.02 Å². The molecule has 6 nitrogen and oxygen atoms in total. The molecule has 1 heterocycles. The lowest BCUT2D eigenvalue weighted by Crippen LogP contribution is -2.25. The van der Waals surface area contributed by atoms with Crippen molar-refractivity contribution in [2.75, 3.05) is 18.5 Å². The Bertz CT molecular complexity index is 741. The van der Waals surface area contributed by atoms with Crippen molar-refractivity contribution in [2.24, 2.45) is 10.7 Å². The average molecular weight is 375 g/mol. The number of pyridine rings is 1. The molecule has 1 aromatic carbocycles. The van der Waals surface area contributed by atoms with Gasteiger partial charge in [-0.25, -0.2) is 9.98 Å². The van der Waals surface area contributed by atoms with Gasteiger partial charge in [-0.2, -0.15) is 0 Å². The number of para-hydroxylation sites is 2. The average Bonchev–Trinajstić information content (AvgIpc) is 2.54. The van der Waals surface area contributed by atoms with Crippen molar-refractivity contribution in [1.29, 1.82) is 0 Å². The number of nitrogens with two attached hydrogens (primary N) is 1. The molecule has 3 N–H and O–H groups in total. The molecule has 0 saturated heterocycles. The fourth-order valence-corrected chi connectivity index (χ4v) is 1.92. The van der Waals surface area contributed by atoms with Crippen LogP contribution in [-0.2, 0) is 0 Å². The molecule has 0 aliphatic heterocycles.